The van der Waals surface area contributed by atoms with Crippen molar-refractivity contribution in [3.63, 3.8) is 0 Å². The number of hydrogen-bond acceptors (Lipinski definition) is 13. The molecule has 4 aromatic heterocycles. The molecular formula is C31H26N10O7S. The van der Waals surface area contributed by atoms with Crippen LogP contribution in [-0.4, -0.2) is 80.4 Å². The van der Waals surface area contributed by atoms with Crippen molar-refractivity contribution in [2.75, 3.05) is 29.9 Å². The number of ether oxygens (including phenoxy) is 3. The van der Waals surface area contributed by atoms with Gasteiger partial charge in [0.2, 0.25) is 11.7 Å². The molecule has 0 unspecified atom stereocenters. The van der Waals surface area contributed by atoms with Crippen molar-refractivity contribution in [2.45, 2.75) is 4.90 Å². The number of pyridine rings is 2. The predicted molar refractivity (Wildman–Crippen MR) is 174 cm³/mol. The van der Waals surface area contributed by atoms with E-state index in [1.807, 2.05) is 0 Å². The summed E-state index contributed by atoms with van der Waals surface area (Å²) < 4.78 is 46.1. The van der Waals surface area contributed by atoms with Crippen LogP contribution in [0.4, 0.5) is 16.4 Å². The number of para-hydroxylation sites is 2. The normalized spacial score (nSPS) is 11.0. The van der Waals surface area contributed by atoms with E-state index in [1.54, 1.807) is 60.8 Å². The highest BCUT2D eigenvalue weighted by Crippen LogP contribution is 2.36. The van der Waals surface area contributed by atoms with E-state index in [0.717, 1.165) is 4.90 Å². The molecule has 248 valence electrons. The topological polar surface area (TPSA) is 220 Å². The first-order valence-electron chi connectivity index (χ1n) is 14.4. The average Bonchev–Trinajstić information content (AvgIpc) is 3.67. The lowest BCUT2D eigenvalue weighted by molar-refractivity contribution is 0.199. The molecule has 6 aromatic rings. The second kappa shape index (κ2) is 14.4. The third-order valence-corrected chi connectivity index (χ3v) is 8.07. The number of anilines is 2. The summed E-state index contributed by atoms with van der Waals surface area (Å²) in [7, 11) is -2.68. The second-order valence-corrected chi connectivity index (χ2v) is 11.5. The van der Waals surface area contributed by atoms with E-state index in [-0.39, 0.29) is 47.1 Å². The Bertz CT molecular complexity index is 2170. The Balaban J connectivity index is 1.23. The zero-order valence-electron chi connectivity index (χ0n) is 25.5. The van der Waals surface area contributed by atoms with E-state index in [1.165, 1.54) is 43.6 Å². The molecule has 0 aliphatic heterocycles. The van der Waals surface area contributed by atoms with Crippen LogP contribution in [0.1, 0.15) is 0 Å². The van der Waals surface area contributed by atoms with E-state index in [2.05, 4.69) is 45.3 Å². The van der Waals surface area contributed by atoms with Gasteiger partial charge in [0.1, 0.15) is 18.1 Å². The van der Waals surface area contributed by atoms with Crippen LogP contribution in [0.5, 0.6) is 23.1 Å². The van der Waals surface area contributed by atoms with Crippen LogP contribution in [0.15, 0.2) is 102 Å². The minimum absolute atomic E-state index is 0.00135. The van der Waals surface area contributed by atoms with E-state index >= 15 is 0 Å². The van der Waals surface area contributed by atoms with E-state index < -0.39 is 16.1 Å². The highest BCUT2D eigenvalue weighted by atomic mass is 32.2. The number of sulfonamides is 1. The fourth-order valence-corrected chi connectivity index (χ4v) is 5.46. The molecule has 0 aliphatic carbocycles. The van der Waals surface area contributed by atoms with Crippen molar-refractivity contribution in [2.24, 2.45) is 0 Å². The van der Waals surface area contributed by atoms with Crippen molar-refractivity contribution >= 4 is 27.8 Å². The third kappa shape index (κ3) is 7.66. The summed E-state index contributed by atoms with van der Waals surface area (Å²) in [5.74, 6) is 1.12. The lowest BCUT2D eigenvalue weighted by atomic mass is 10.2. The Morgan fingerprint density at radius 1 is 0.898 bits per heavy atom. The molecule has 17 nitrogen and oxygen atoms in total. The molecule has 2 aromatic carbocycles. The Labute approximate surface area is 278 Å². The summed E-state index contributed by atoms with van der Waals surface area (Å²) in [6, 6.07) is 22.1. The summed E-state index contributed by atoms with van der Waals surface area (Å²) in [6.45, 7) is -0.337. The smallest absolute Gasteiger partial charge is 0.413 e. The Hall–Kier alpha value is -6.69. The number of methoxy groups -OCH3 is 1. The number of nitrogens with zero attached hydrogens (tertiary/aromatic N) is 8. The molecule has 18 heteroatoms. The molecule has 0 aliphatic rings. The van der Waals surface area contributed by atoms with Gasteiger partial charge < -0.3 is 19.3 Å². The van der Waals surface area contributed by atoms with Crippen molar-refractivity contribution in [3.8, 4) is 46.0 Å². The number of amides is 1. The minimum atomic E-state index is -4.15. The average molecular weight is 683 g/mol. The fraction of sp³-hybridized carbons (Fsp3) is 0.0968. The van der Waals surface area contributed by atoms with Gasteiger partial charge in [-0.05, 0) is 53.7 Å². The van der Waals surface area contributed by atoms with Gasteiger partial charge in [0.05, 0.1) is 18.6 Å². The number of hydrogen-bond donors (Lipinski definition) is 3. The van der Waals surface area contributed by atoms with Gasteiger partial charge in [-0.1, -0.05) is 30.3 Å². The molecule has 6 rings (SSSR count). The molecule has 0 saturated carbocycles. The molecule has 1 amide bonds. The lowest BCUT2D eigenvalue weighted by Gasteiger charge is -2.21. The first-order chi connectivity index (χ1) is 23.8. The molecule has 3 N–H and O–H groups in total. The SMILES string of the molecule is COc1ccccc1Oc1ccc(N(CCOc2ccnc(-c3ccnc(-c4nn[nH]n4)c3)n2)C(=O)O)nc1NS(=O)(=O)c1ccccc1. The molecule has 0 fully saturated rings. The number of tetrazole rings is 1. The standard InChI is InChI=1S/C31H26N10O7S/c1-46-23-9-5-6-10-24(23)48-25-11-12-26(34-30(25)38-49(44,45)21-7-3-2-4-8-21)41(31(42)43)17-18-47-27-14-16-33-28(35-27)20-13-15-32-22(19-20)29-36-39-40-37-29/h2-16,19H,17-18H2,1H3,(H,34,38)(H,42,43)(H,36,37,39,40). The molecule has 4 heterocycles. The molecule has 0 atom stereocenters. The maximum Gasteiger partial charge on any atom is 0.413 e. The van der Waals surface area contributed by atoms with Crippen molar-refractivity contribution in [1.82, 2.24) is 40.6 Å². The lowest BCUT2D eigenvalue weighted by Crippen LogP contribution is -2.34. The van der Waals surface area contributed by atoms with Gasteiger partial charge in [-0.15, -0.1) is 10.2 Å². The first kappa shape index (κ1) is 32.3. The molecular weight excluding hydrogens is 656 g/mol. The van der Waals surface area contributed by atoms with Gasteiger partial charge in [0.25, 0.3) is 10.0 Å². The number of H-pyrrole nitrogens is 1. The molecule has 0 radical (unpaired) electrons. The van der Waals surface area contributed by atoms with Crippen molar-refractivity contribution in [1.29, 1.82) is 0 Å². The summed E-state index contributed by atoms with van der Waals surface area (Å²) in [5, 5.41) is 23.8. The highest BCUT2D eigenvalue weighted by Gasteiger charge is 2.23. The molecule has 49 heavy (non-hydrogen) atoms. The zero-order valence-corrected chi connectivity index (χ0v) is 26.4. The van der Waals surface area contributed by atoms with Gasteiger partial charge in [-0.25, -0.2) is 23.2 Å². The number of benzene rings is 2. The van der Waals surface area contributed by atoms with Gasteiger partial charge in [0, 0.05) is 24.0 Å². The van der Waals surface area contributed by atoms with Crippen LogP contribution >= 0.6 is 0 Å². The predicted octanol–water partition coefficient (Wildman–Crippen LogP) is 4.28. The maximum absolute atomic E-state index is 13.3. The van der Waals surface area contributed by atoms with Gasteiger partial charge in [0.15, 0.2) is 28.9 Å². The summed E-state index contributed by atoms with van der Waals surface area (Å²) in [6.07, 6.45) is 1.69. The summed E-state index contributed by atoms with van der Waals surface area (Å²) in [5.41, 5.74) is 1.06. The Kier molecular flexibility index (Phi) is 9.47. The quantitative estimate of drug-likeness (QED) is 0.155. The first-order valence-corrected chi connectivity index (χ1v) is 15.9. The van der Waals surface area contributed by atoms with Gasteiger partial charge in [-0.3, -0.25) is 14.6 Å². The number of aromatic amines is 1. The molecule has 0 spiro atoms. The van der Waals surface area contributed by atoms with Crippen LogP contribution in [0.25, 0.3) is 22.9 Å². The van der Waals surface area contributed by atoms with E-state index in [4.69, 9.17) is 14.2 Å². The highest BCUT2D eigenvalue weighted by molar-refractivity contribution is 7.92. The number of carbonyl (C=O) groups is 1. The summed E-state index contributed by atoms with van der Waals surface area (Å²) >= 11 is 0. The van der Waals surface area contributed by atoms with Crippen LogP contribution in [0.3, 0.4) is 0 Å². The monoisotopic (exact) mass is 682 g/mol. The van der Waals surface area contributed by atoms with Crippen LogP contribution < -0.4 is 23.8 Å². The molecule has 0 saturated heterocycles. The third-order valence-electron chi connectivity index (χ3n) is 6.71. The Morgan fingerprint density at radius 2 is 1.67 bits per heavy atom. The van der Waals surface area contributed by atoms with Crippen molar-refractivity contribution in [3.05, 3.63) is 97.3 Å². The largest absolute Gasteiger partial charge is 0.493 e. The van der Waals surface area contributed by atoms with Crippen LogP contribution in [0, 0.1) is 0 Å². The molecule has 0 bridgehead atoms. The number of carboxylic acid groups (broad SMARTS) is 1. The van der Waals surface area contributed by atoms with Crippen LogP contribution in [0.2, 0.25) is 0 Å². The van der Waals surface area contributed by atoms with E-state index in [0.29, 0.717) is 28.7 Å². The number of rotatable bonds is 13. The van der Waals surface area contributed by atoms with Gasteiger partial charge >= 0.3 is 6.09 Å². The van der Waals surface area contributed by atoms with Crippen molar-refractivity contribution < 1.29 is 32.5 Å². The number of nitrogens with one attached hydrogen (secondary N) is 2. The van der Waals surface area contributed by atoms with Crippen LogP contribution in [-0.2, 0) is 10.0 Å². The Morgan fingerprint density at radius 3 is 2.43 bits per heavy atom. The van der Waals surface area contributed by atoms with E-state index in [9.17, 15) is 18.3 Å². The zero-order chi connectivity index (χ0) is 34.2. The fourth-order valence-electron chi connectivity index (χ4n) is 4.42. The van der Waals surface area contributed by atoms with Gasteiger partial charge in [-0.2, -0.15) is 10.2 Å². The summed E-state index contributed by atoms with van der Waals surface area (Å²) in [4.78, 5) is 30.5. The minimum Gasteiger partial charge on any atom is -0.493 e. The maximum atomic E-state index is 13.3. The number of aromatic nitrogens is 8. The second-order valence-electron chi connectivity index (χ2n) is 9.85.